The topological polar surface area (TPSA) is 105 Å². The van der Waals surface area contributed by atoms with Crippen LogP contribution in [0.4, 0.5) is 5.82 Å². The first-order valence-electron chi connectivity index (χ1n) is 12.6. The van der Waals surface area contributed by atoms with Crippen LogP contribution in [0, 0.1) is 0 Å². The molecule has 0 unspecified atom stereocenters. The Morgan fingerprint density at radius 2 is 2.11 bits per heavy atom. The van der Waals surface area contributed by atoms with E-state index in [0.29, 0.717) is 26.2 Å². The predicted molar refractivity (Wildman–Crippen MR) is 142 cm³/mol. The van der Waals surface area contributed by atoms with Crippen molar-refractivity contribution in [2.45, 2.75) is 39.2 Å². The Morgan fingerprint density at radius 1 is 1.22 bits per heavy atom. The second-order valence-corrected chi connectivity index (χ2v) is 9.96. The van der Waals surface area contributed by atoms with E-state index in [9.17, 15) is 4.79 Å². The Bertz CT molecular complexity index is 1310. The van der Waals surface area contributed by atoms with Crippen molar-refractivity contribution in [2.24, 2.45) is 0 Å². The van der Waals surface area contributed by atoms with Crippen molar-refractivity contribution in [3.8, 4) is 11.4 Å². The zero-order chi connectivity index (χ0) is 24.7. The summed E-state index contributed by atoms with van der Waals surface area (Å²) in [5.41, 5.74) is 2.92. The lowest BCUT2D eigenvalue weighted by molar-refractivity contribution is -0.143. The minimum absolute atomic E-state index is 0.101. The van der Waals surface area contributed by atoms with E-state index in [4.69, 9.17) is 19.4 Å². The molecule has 190 valence electrons. The summed E-state index contributed by atoms with van der Waals surface area (Å²) in [5, 5.41) is 11.8. The van der Waals surface area contributed by atoms with Gasteiger partial charge in [0, 0.05) is 41.9 Å². The Labute approximate surface area is 214 Å². The molecule has 9 nitrogen and oxygen atoms in total. The molecule has 1 fully saturated rings. The van der Waals surface area contributed by atoms with Gasteiger partial charge in [-0.1, -0.05) is 18.6 Å². The highest BCUT2D eigenvalue weighted by Gasteiger charge is 2.21. The zero-order valence-corrected chi connectivity index (χ0v) is 21.4. The molecule has 5 rings (SSSR count). The maximum Gasteiger partial charge on any atom is 0.305 e. The number of benzene rings is 1. The summed E-state index contributed by atoms with van der Waals surface area (Å²) in [4.78, 5) is 25.0. The van der Waals surface area contributed by atoms with Crippen LogP contribution in [0.3, 0.4) is 0 Å². The van der Waals surface area contributed by atoms with Gasteiger partial charge in [0.05, 0.1) is 41.8 Å². The smallest absolute Gasteiger partial charge is 0.305 e. The van der Waals surface area contributed by atoms with Gasteiger partial charge in [-0.15, -0.1) is 11.3 Å². The number of hydrogen-bond donors (Lipinski definition) is 2. The number of rotatable bonds is 11. The number of carbonyl (C=O) groups is 1. The molecular formula is C26H32N6O3S. The highest BCUT2D eigenvalue weighted by Crippen LogP contribution is 2.35. The number of unbranched alkanes of at least 4 members (excludes halogenated alkanes) is 2. The highest BCUT2D eigenvalue weighted by atomic mass is 32.1. The number of ether oxygens (including phenoxy) is 2. The lowest BCUT2D eigenvalue weighted by Crippen LogP contribution is -2.36. The fourth-order valence-electron chi connectivity index (χ4n) is 4.47. The standard InChI is InChI=1S/C26H32N6O3S/c1-2-35-23(33)9-4-3-5-10-27-16-18-15-22-24(36-18)26(32-11-13-34-14-12-32)30-25(29-22)19-7-6-8-21-20(19)17-28-31-21/h6-8,15,17,27H,2-5,9-14,16H2,1H3,(H,28,31). The van der Waals surface area contributed by atoms with Crippen LogP contribution < -0.4 is 10.2 Å². The molecule has 0 spiro atoms. The van der Waals surface area contributed by atoms with Crippen molar-refractivity contribution < 1.29 is 14.3 Å². The Hall–Kier alpha value is -3.08. The molecule has 1 saturated heterocycles. The van der Waals surface area contributed by atoms with Crippen LogP contribution in [0.15, 0.2) is 30.5 Å². The third kappa shape index (κ3) is 5.66. The van der Waals surface area contributed by atoms with Gasteiger partial charge in [-0.05, 0) is 38.4 Å². The third-order valence-corrected chi connectivity index (χ3v) is 7.40. The van der Waals surface area contributed by atoms with Crippen molar-refractivity contribution in [3.63, 3.8) is 0 Å². The second-order valence-electron chi connectivity index (χ2n) is 8.83. The number of fused-ring (bicyclic) bond motifs is 2. The van der Waals surface area contributed by atoms with Gasteiger partial charge in [0.25, 0.3) is 0 Å². The number of thiophene rings is 1. The van der Waals surface area contributed by atoms with Crippen molar-refractivity contribution in [1.29, 1.82) is 0 Å². The first kappa shape index (κ1) is 24.6. The number of hydrogen-bond acceptors (Lipinski definition) is 9. The molecule has 1 aromatic carbocycles. The predicted octanol–water partition coefficient (Wildman–Crippen LogP) is 4.28. The third-order valence-electron chi connectivity index (χ3n) is 6.28. The van der Waals surface area contributed by atoms with Gasteiger partial charge >= 0.3 is 5.97 Å². The number of anilines is 1. The van der Waals surface area contributed by atoms with E-state index >= 15 is 0 Å². The summed E-state index contributed by atoms with van der Waals surface area (Å²) in [6.07, 6.45) is 5.24. The molecule has 2 N–H and O–H groups in total. The minimum atomic E-state index is -0.101. The molecule has 0 bridgehead atoms. The largest absolute Gasteiger partial charge is 0.466 e. The van der Waals surface area contributed by atoms with E-state index < -0.39 is 0 Å². The van der Waals surface area contributed by atoms with Crippen LogP contribution in [-0.4, -0.2) is 65.6 Å². The van der Waals surface area contributed by atoms with Crippen LogP contribution in [0.2, 0.25) is 0 Å². The second kappa shape index (κ2) is 11.8. The fraction of sp³-hybridized carbons (Fsp3) is 0.462. The van der Waals surface area contributed by atoms with Gasteiger partial charge in [0.1, 0.15) is 0 Å². The first-order chi connectivity index (χ1) is 17.7. The fourth-order valence-corrected chi connectivity index (χ4v) is 5.55. The molecule has 0 saturated carbocycles. The normalized spacial score (nSPS) is 14.1. The van der Waals surface area contributed by atoms with Gasteiger partial charge in [-0.2, -0.15) is 5.10 Å². The average molecular weight is 509 g/mol. The molecule has 0 atom stereocenters. The molecule has 4 aromatic rings. The number of esters is 1. The highest BCUT2D eigenvalue weighted by molar-refractivity contribution is 7.19. The maximum absolute atomic E-state index is 11.4. The van der Waals surface area contributed by atoms with Gasteiger partial charge in [-0.3, -0.25) is 9.89 Å². The van der Waals surface area contributed by atoms with Crippen molar-refractivity contribution in [1.82, 2.24) is 25.5 Å². The van der Waals surface area contributed by atoms with E-state index in [-0.39, 0.29) is 5.97 Å². The van der Waals surface area contributed by atoms with E-state index in [1.165, 1.54) is 4.88 Å². The summed E-state index contributed by atoms with van der Waals surface area (Å²) in [5.74, 6) is 1.60. The lowest BCUT2D eigenvalue weighted by atomic mass is 10.1. The molecule has 0 amide bonds. The summed E-state index contributed by atoms with van der Waals surface area (Å²) in [6, 6.07) is 8.25. The molecule has 10 heteroatoms. The maximum atomic E-state index is 11.4. The number of nitrogens with one attached hydrogen (secondary N) is 2. The number of aromatic amines is 1. The van der Waals surface area contributed by atoms with Gasteiger partial charge in [0.2, 0.25) is 0 Å². The number of nitrogens with zero attached hydrogens (tertiary/aromatic N) is 4. The monoisotopic (exact) mass is 508 g/mol. The Morgan fingerprint density at radius 3 is 2.97 bits per heavy atom. The van der Waals surface area contributed by atoms with Crippen LogP contribution in [-0.2, 0) is 20.8 Å². The summed E-state index contributed by atoms with van der Waals surface area (Å²) >= 11 is 1.75. The van der Waals surface area contributed by atoms with E-state index in [2.05, 4.69) is 32.5 Å². The molecular weight excluding hydrogens is 476 g/mol. The molecule has 3 aromatic heterocycles. The molecule has 4 heterocycles. The van der Waals surface area contributed by atoms with Gasteiger partial charge in [0.15, 0.2) is 11.6 Å². The zero-order valence-electron chi connectivity index (χ0n) is 20.6. The number of carbonyl (C=O) groups excluding carboxylic acids is 1. The van der Waals surface area contributed by atoms with Crippen LogP contribution in [0.25, 0.3) is 32.5 Å². The van der Waals surface area contributed by atoms with Crippen LogP contribution >= 0.6 is 11.3 Å². The summed E-state index contributed by atoms with van der Waals surface area (Å²) < 4.78 is 11.7. The number of H-pyrrole nitrogens is 1. The minimum Gasteiger partial charge on any atom is -0.466 e. The van der Waals surface area contributed by atoms with Gasteiger partial charge < -0.3 is 19.7 Å². The molecule has 0 aliphatic carbocycles. The average Bonchev–Trinajstić information content (AvgIpc) is 3.55. The Balaban J connectivity index is 1.31. The van der Waals surface area contributed by atoms with Crippen molar-refractivity contribution in [3.05, 3.63) is 35.3 Å². The van der Waals surface area contributed by atoms with Crippen LogP contribution in [0.1, 0.15) is 37.5 Å². The van der Waals surface area contributed by atoms with Crippen LogP contribution in [0.5, 0.6) is 0 Å². The van der Waals surface area contributed by atoms with Crippen molar-refractivity contribution >= 4 is 44.2 Å². The van der Waals surface area contributed by atoms with E-state index in [1.807, 2.05) is 25.3 Å². The lowest BCUT2D eigenvalue weighted by Gasteiger charge is -2.28. The molecule has 0 radical (unpaired) electrons. The van der Waals surface area contributed by atoms with E-state index in [1.54, 1.807) is 11.3 Å². The van der Waals surface area contributed by atoms with Crippen molar-refractivity contribution in [2.75, 3.05) is 44.4 Å². The number of aromatic nitrogens is 4. The molecule has 1 aliphatic rings. The SMILES string of the molecule is CCOC(=O)CCCCCNCc1cc2nc(-c3cccc4[nH]ncc34)nc(N3CCOCC3)c2s1. The van der Waals surface area contributed by atoms with E-state index in [0.717, 1.165) is 83.8 Å². The summed E-state index contributed by atoms with van der Waals surface area (Å²) in [7, 11) is 0. The molecule has 1 aliphatic heterocycles. The van der Waals surface area contributed by atoms with Gasteiger partial charge in [-0.25, -0.2) is 9.97 Å². The Kier molecular flexibility index (Phi) is 8.04. The quantitative estimate of drug-likeness (QED) is 0.228. The molecule has 36 heavy (non-hydrogen) atoms. The summed E-state index contributed by atoms with van der Waals surface area (Å²) in [6.45, 7) is 7.03. The first-order valence-corrected chi connectivity index (χ1v) is 13.5. The number of morpholine rings is 1.